The molecule has 0 aromatic heterocycles. The van der Waals surface area contributed by atoms with Gasteiger partial charge < -0.3 is 15.2 Å². The summed E-state index contributed by atoms with van der Waals surface area (Å²) in [6.45, 7) is 0. The van der Waals surface area contributed by atoms with Crippen LogP contribution in [0.25, 0.3) is 21.9 Å². The highest BCUT2D eigenvalue weighted by atomic mass is 16.5. The largest absolute Gasteiger partial charge is 0.497 e. The van der Waals surface area contributed by atoms with Crippen LogP contribution in [0.5, 0.6) is 5.75 Å². The monoisotopic (exact) mass is 307 g/mol. The smallest absolute Gasteiger partial charge is 0.339 e. The van der Waals surface area contributed by atoms with E-state index in [-0.39, 0.29) is 0 Å². The fraction of sp³-hybridized carbons (Fsp3) is 0.105. The lowest BCUT2D eigenvalue weighted by atomic mass is 9.99. The summed E-state index contributed by atoms with van der Waals surface area (Å²) in [5.74, 6) is 0.400. The first-order valence-electron chi connectivity index (χ1n) is 7.18. The van der Waals surface area contributed by atoms with Gasteiger partial charge in [-0.1, -0.05) is 24.3 Å². The number of ether oxygens (including phenoxy) is 2. The third-order valence-electron chi connectivity index (χ3n) is 3.84. The molecule has 2 N–H and O–H groups in total. The van der Waals surface area contributed by atoms with E-state index in [1.54, 1.807) is 19.2 Å². The molecule has 0 atom stereocenters. The Labute approximate surface area is 134 Å². The minimum atomic E-state index is -0.431. The molecule has 3 rings (SSSR count). The van der Waals surface area contributed by atoms with Crippen LogP contribution in [0.15, 0.2) is 54.6 Å². The molecule has 0 radical (unpaired) electrons. The van der Waals surface area contributed by atoms with Crippen LogP contribution in [0.4, 0.5) is 5.69 Å². The second-order valence-corrected chi connectivity index (χ2v) is 5.22. The van der Waals surface area contributed by atoms with Gasteiger partial charge in [-0.05, 0) is 52.2 Å². The number of rotatable bonds is 3. The molecule has 0 heterocycles. The molecule has 0 unspecified atom stereocenters. The maximum Gasteiger partial charge on any atom is 0.339 e. The summed E-state index contributed by atoms with van der Waals surface area (Å²) in [6, 6.07) is 17.4. The predicted octanol–water partition coefficient (Wildman–Crippen LogP) is 3.88. The van der Waals surface area contributed by atoms with Crippen molar-refractivity contribution in [2.45, 2.75) is 0 Å². The molecule has 3 aromatic rings. The SMILES string of the molecule is COC(=O)c1ccc(-c2ccc3cc(OC)ccc3c2)cc1N. The third-order valence-corrected chi connectivity index (χ3v) is 3.84. The zero-order valence-electron chi connectivity index (χ0n) is 13.0. The molecule has 0 aliphatic rings. The van der Waals surface area contributed by atoms with Gasteiger partial charge >= 0.3 is 5.97 Å². The zero-order chi connectivity index (χ0) is 16.4. The Hall–Kier alpha value is -3.01. The van der Waals surface area contributed by atoms with Crippen LogP contribution in [0.3, 0.4) is 0 Å². The Morgan fingerprint density at radius 1 is 0.870 bits per heavy atom. The molecule has 0 saturated heterocycles. The lowest BCUT2D eigenvalue weighted by molar-refractivity contribution is 0.0602. The van der Waals surface area contributed by atoms with E-state index in [4.69, 9.17) is 15.2 Å². The zero-order valence-corrected chi connectivity index (χ0v) is 13.0. The van der Waals surface area contributed by atoms with E-state index in [1.807, 2.05) is 36.4 Å². The van der Waals surface area contributed by atoms with Crippen molar-refractivity contribution < 1.29 is 14.3 Å². The molecule has 0 aliphatic carbocycles. The van der Waals surface area contributed by atoms with Crippen molar-refractivity contribution in [3.63, 3.8) is 0 Å². The topological polar surface area (TPSA) is 61.5 Å². The molecule has 4 heteroatoms. The minimum absolute atomic E-state index is 0.377. The number of benzene rings is 3. The average molecular weight is 307 g/mol. The Balaban J connectivity index is 2.03. The molecule has 0 bridgehead atoms. The van der Waals surface area contributed by atoms with Crippen LogP contribution < -0.4 is 10.5 Å². The molecule has 0 amide bonds. The maximum absolute atomic E-state index is 11.6. The van der Waals surface area contributed by atoms with Crippen LogP contribution >= 0.6 is 0 Å². The van der Waals surface area contributed by atoms with E-state index in [2.05, 4.69) is 6.07 Å². The van der Waals surface area contributed by atoms with Crippen LogP contribution in [0.1, 0.15) is 10.4 Å². The standard InChI is InChI=1S/C19H17NO3/c1-22-16-7-5-13-9-12(3-4-14(13)10-16)15-6-8-17(18(20)11-15)19(21)23-2/h3-11H,20H2,1-2H3. The van der Waals surface area contributed by atoms with E-state index < -0.39 is 5.97 Å². The number of esters is 1. The van der Waals surface area contributed by atoms with Crippen molar-refractivity contribution in [3.8, 4) is 16.9 Å². The van der Waals surface area contributed by atoms with Crippen LogP contribution in [0.2, 0.25) is 0 Å². The van der Waals surface area contributed by atoms with E-state index in [9.17, 15) is 4.79 Å². The maximum atomic E-state index is 11.6. The average Bonchev–Trinajstić information content (AvgIpc) is 2.60. The van der Waals surface area contributed by atoms with E-state index in [0.717, 1.165) is 27.6 Å². The predicted molar refractivity (Wildman–Crippen MR) is 91.7 cm³/mol. The summed E-state index contributed by atoms with van der Waals surface area (Å²) in [5, 5.41) is 2.21. The highest BCUT2D eigenvalue weighted by molar-refractivity contribution is 5.96. The molecular weight excluding hydrogens is 290 g/mol. The Bertz CT molecular complexity index is 887. The quantitative estimate of drug-likeness (QED) is 0.589. The third kappa shape index (κ3) is 2.83. The van der Waals surface area contributed by atoms with Gasteiger partial charge in [-0.25, -0.2) is 4.79 Å². The number of fused-ring (bicyclic) bond motifs is 1. The Morgan fingerprint density at radius 2 is 1.52 bits per heavy atom. The Kier molecular flexibility index (Phi) is 3.89. The summed E-state index contributed by atoms with van der Waals surface area (Å²) in [7, 11) is 2.99. The summed E-state index contributed by atoms with van der Waals surface area (Å²) in [5.41, 5.74) is 8.74. The normalized spacial score (nSPS) is 10.5. The fourth-order valence-electron chi connectivity index (χ4n) is 2.57. The van der Waals surface area contributed by atoms with Gasteiger partial charge in [0, 0.05) is 5.69 Å². The number of carbonyl (C=O) groups is 1. The second-order valence-electron chi connectivity index (χ2n) is 5.22. The second kappa shape index (κ2) is 6.01. The molecule has 0 spiro atoms. The highest BCUT2D eigenvalue weighted by Gasteiger charge is 2.11. The molecule has 0 aliphatic heterocycles. The molecule has 116 valence electrons. The summed E-state index contributed by atoms with van der Waals surface area (Å²) in [6.07, 6.45) is 0. The molecule has 0 fully saturated rings. The number of carbonyl (C=O) groups excluding carboxylic acids is 1. The first-order valence-corrected chi connectivity index (χ1v) is 7.18. The number of hydrogen-bond donors (Lipinski definition) is 1. The number of methoxy groups -OCH3 is 2. The molecule has 3 aromatic carbocycles. The molecule has 0 saturated carbocycles. The first kappa shape index (κ1) is 14.9. The lowest BCUT2D eigenvalue weighted by Crippen LogP contribution is -2.05. The van der Waals surface area contributed by atoms with Gasteiger partial charge in [0.2, 0.25) is 0 Å². The van der Waals surface area contributed by atoms with Crippen molar-refractivity contribution in [2.75, 3.05) is 20.0 Å². The van der Waals surface area contributed by atoms with Crippen molar-refractivity contribution in [2.24, 2.45) is 0 Å². The van der Waals surface area contributed by atoms with Crippen LogP contribution in [-0.2, 0) is 4.74 Å². The number of hydrogen-bond acceptors (Lipinski definition) is 4. The highest BCUT2D eigenvalue weighted by Crippen LogP contribution is 2.29. The summed E-state index contributed by atoms with van der Waals surface area (Å²) >= 11 is 0. The van der Waals surface area contributed by atoms with E-state index in [0.29, 0.717) is 11.3 Å². The van der Waals surface area contributed by atoms with Gasteiger partial charge in [0.05, 0.1) is 19.8 Å². The van der Waals surface area contributed by atoms with Crippen molar-refractivity contribution >= 4 is 22.4 Å². The number of nitrogens with two attached hydrogens (primary N) is 1. The summed E-state index contributed by atoms with van der Waals surface area (Å²) < 4.78 is 9.95. The van der Waals surface area contributed by atoms with Gasteiger partial charge in [-0.15, -0.1) is 0 Å². The van der Waals surface area contributed by atoms with Gasteiger partial charge in [0.25, 0.3) is 0 Å². The van der Waals surface area contributed by atoms with Crippen molar-refractivity contribution in [1.82, 2.24) is 0 Å². The lowest BCUT2D eigenvalue weighted by Gasteiger charge is -2.09. The van der Waals surface area contributed by atoms with Crippen molar-refractivity contribution in [1.29, 1.82) is 0 Å². The van der Waals surface area contributed by atoms with Gasteiger partial charge in [-0.3, -0.25) is 0 Å². The van der Waals surface area contributed by atoms with E-state index in [1.165, 1.54) is 7.11 Å². The molecular formula is C19H17NO3. The minimum Gasteiger partial charge on any atom is -0.497 e. The van der Waals surface area contributed by atoms with Crippen molar-refractivity contribution in [3.05, 3.63) is 60.2 Å². The van der Waals surface area contributed by atoms with Gasteiger partial charge in [-0.2, -0.15) is 0 Å². The number of nitrogen functional groups attached to an aromatic ring is 1. The van der Waals surface area contributed by atoms with Gasteiger partial charge in [0.1, 0.15) is 5.75 Å². The van der Waals surface area contributed by atoms with E-state index >= 15 is 0 Å². The summed E-state index contributed by atoms with van der Waals surface area (Å²) in [4.78, 5) is 11.6. The molecule has 23 heavy (non-hydrogen) atoms. The fourth-order valence-corrected chi connectivity index (χ4v) is 2.57. The van der Waals surface area contributed by atoms with Gasteiger partial charge in [0.15, 0.2) is 0 Å². The van der Waals surface area contributed by atoms with Crippen LogP contribution in [0, 0.1) is 0 Å². The molecule has 4 nitrogen and oxygen atoms in total. The first-order chi connectivity index (χ1) is 11.1. The Morgan fingerprint density at radius 3 is 2.22 bits per heavy atom. The van der Waals surface area contributed by atoms with Crippen LogP contribution in [-0.4, -0.2) is 20.2 Å². The number of anilines is 1.